The molecule has 0 fully saturated rings. The highest BCUT2D eigenvalue weighted by Crippen LogP contribution is 2.31. The van der Waals surface area contributed by atoms with E-state index in [1.54, 1.807) is 0 Å². The van der Waals surface area contributed by atoms with Gasteiger partial charge >= 0.3 is 0 Å². The van der Waals surface area contributed by atoms with E-state index < -0.39 is 0 Å². The second-order valence-corrected chi connectivity index (χ2v) is 8.29. The third-order valence-corrected chi connectivity index (χ3v) is 6.23. The van der Waals surface area contributed by atoms with E-state index >= 15 is 0 Å². The van der Waals surface area contributed by atoms with Gasteiger partial charge in [0.15, 0.2) is 0 Å². The first kappa shape index (κ1) is 18.6. The van der Waals surface area contributed by atoms with Crippen molar-refractivity contribution in [2.75, 3.05) is 0 Å². The fourth-order valence-corrected chi connectivity index (χ4v) is 4.47. The lowest BCUT2D eigenvalue weighted by atomic mass is 9.95. The molecule has 6 aromatic carbocycles. The minimum absolute atomic E-state index is 1.25. The van der Waals surface area contributed by atoms with Gasteiger partial charge in [-0.05, 0) is 79.2 Å². The van der Waals surface area contributed by atoms with Gasteiger partial charge in [0.2, 0.25) is 0 Å². The zero-order chi connectivity index (χ0) is 21.3. The first-order valence-electron chi connectivity index (χ1n) is 11.0. The monoisotopic (exact) mass is 406 g/mol. The number of benzene rings is 6. The molecule has 0 radical (unpaired) electrons. The van der Waals surface area contributed by atoms with Crippen molar-refractivity contribution in [3.05, 3.63) is 133 Å². The molecule has 0 aliphatic carbocycles. The van der Waals surface area contributed by atoms with E-state index in [0.29, 0.717) is 0 Å². The molecule has 0 heterocycles. The molecule has 0 unspecified atom stereocenters. The number of hydrogen-bond donors (Lipinski definition) is 0. The summed E-state index contributed by atoms with van der Waals surface area (Å²) >= 11 is 0. The van der Waals surface area contributed by atoms with E-state index in [2.05, 4.69) is 133 Å². The van der Waals surface area contributed by atoms with E-state index in [1.165, 1.54) is 54.9 Å². The van der Waals surface area contributed by atoms with Gasteiger partial charge < -0.3 is 0 Å². The fraction of sp³-hybridized carbons (Fsp3) is 0. The van der Waals surface area contributed by atoms with Crippen LogP contribution in [0.25, 0.3) is 54.9 Å². The summed E-state index contributed by atoms with van der Waals surface area (Å²) in [7, 11) is 0. The quantitative estimate of drug-likeness (QED) is 0.275. The van der Waals surface area contributed by atoms with Crippen molar-refractivity contribution in [3.63, 3.8) is 0 Å². The van der Waals surface area contributed by atoms with Gasteiger partial charge in [-0.2, -0.15) is 0 Å². The zero-order valence-electron chi connectivity index (χ0n) is 17.7. The Morgan fingerprint density at radius 1 is 0.219 bits per heavy atom. The average Bonchev–Trinajstić information content (AvgIpc) is 2.88. The Kier molecular flexibility index (Phi) is 4.55. The third-order valence-electron chi connectivity index (χ3n) is 6.23. The van der Waals surface area contributed by atoms with Gasteiger partial charge in [0.05, 0.1) is 0 Å². The highest BCUT2D eigenvalue weighted by molar-refractivity contribution is 5.94. The molecule has 0 aliphatic heterocycles. The maximum atomic E-state index is 2.31. The van der Waals surface area contributed by atoms with Crippen LogP contribution in [0, 0.1) is 0 Å². The smallest absolute Gasteiger partial charge is 0.0172 e. The van der Waals surface area contributed by atoms with Crippen molar-refractivity contribution in [1.82, 2.24) is 0 Å². The van der Waals surface area contributed by atoms with Crippen molar-refractivity contribution in [1.29, 1.82) is 0 Å². The number of hydrogen-bond acceptors (Lipinski definition) is 0. The molecular formula is C32H22. The van der Waals surface area contributed by atoms with E-state index in [4.69, 9.17) is 0 Å². The summed E-state index contributed by atoms with van der Waals surface area (Å²) in [5.74, 6) is 0. The molecule has 0 aromatic heterocycles. The van der Waals surface area contributed by atoms with Crippen LogP contribution in [0.2, 0.25) is 0 Å². The van der Waals surface area contributed by atoms with Crippen molar-refractivity contribution in [3.8, 4) is 33.4 Å². The first-order chi connectivity index (χ1) is 15.8. The predicted octanol–water partition coefficient (Wildman–Crippen LogP) is 8.99. The van der Waals surface area contributed by atoms with Crippen molar-refractivity contribution in [2.24, 2.45) is 0 Å². The predicted molar refractivity (Wildman–Crippen MR) is 138 cm³/mol. The molecule has 6 rings (SSSR count). The van der Waals surface area contributed by atoms with Gasteiger partial charge in [-0.25, -0.2) is 0 Å². The van der Waals surface area contributed by atoms with Gasteiger partial charge in [-0.3, -0.25) is 0 Å². The van der Waals surface area contributed by atoms with Crippen molar-refractivity contribution >= 4 is 21.5 Å². The lowest BCUT2D eigenvalue weighted by Crippen LogP contribution is -1.83. The van der Waals surface area contributed by atoms with Gasteiger partial charge in [0.1, 0.15) is 0 Å². The van der Waals surface area contributed by atoms with Gasteiger partial charge in [-0.1, -0.05) is 109 Å². The normalized spacial score (nSPS) is 11.1. The van der Waals surface area contributed by atoms with Gasteiger partial charge in [0, 0.05) is 0 Å². The molecule has 0 N–H and O–H groups in total. The summed E-state index contributed by atoms with van der Waals surface area (Å²) in [5, 5.41) is 5.06. The van der Waals surface area contributed by atoms with Crippen LogP contribution in [0.15, 0.2) is 133 Å². The van der Waals surface area contributed by atoms with Crippen LogP contribution in [0.1, 0.15) is 0 Å². The van der Waals surface area contributed by atoms with Gasteiger partial charge in [0.25, 0.3) is 0 Å². The fourth-order valence-electron chi connectivity index (χ4n) is 4.47. The molecule has 0 spiro atoms. The lowest BCUT2D eigenvalue weighted by Gasteiger charge is -2.09. The topological polar surface area (TPSA) is 0 Å². The maximum absolute atomic E-state index is 2.31. The molecule has 0 nitrogen and oxygen atoms in total. The zero-order valence-corrected chi connectivity index (χ0v) is 17.7. The summed E-state index contributed by atoms with van der Waals surface area (Å²) in [5.41, 5.74) is 7.49. The molecular weight excluding hydrogens is 384 g/mol. The van der Waals surface area contributed by atoms with Crippen LogP contribution in [0.5, 0.6) is 0 Å². The van der Waals surface area contributed by atoms with Crippen LogP contribution in [-0.2, 0) is 0 Å². The Hall–Kier alpha value is -4.16. The summed E-state index contributed by atoms with van der Waals surface area (Å²) < 4.78 is 0. The summed E-state index contributed by atoms with van der Waals surface area (Å²) in [4.78, 5) is 0. The summed E-state index contributed by atoms with van der Waals surface area (Å²) in [6.07, 6.45) is 0. The average molecular weight is 407 g/mol. The Morgan fingerprint density at radius 2 is 0.531 bits per heavy atom. The molecule has 0 heteroatoms. The van der Waals surface area contributed by atoms with E-state index in [9.17, 15) is 0 Å². The van der Waals surface area contributed by atoms with Crippen LogP contribution < -0.4 is 0 Å². The SMILES string of the molecule is c1ccc(-c2ccc3ccc(-c4ccc5ccc(-c6ccccc6)cc5c4)cc3c2)cc1. The molecule has 0 saturated heterocycles. The van der Waals surface area contributed by atoms with Gasteiger partial charge in [-0.15, -0.1) is 0 Å². The van der Waals surface area contributed by atoms with E-state index in [0.717, 1.165) is 0 Å². The van der Waals surface area contributed by atoms with Crippen LogP contribution in [0.3, 0.4) is 0 Å². The first-order valence-corrected chi connectivity index (χ1v) is 11.0. The van der Waals surface area contributed by atoms with Crippen molar-refractivity contribution < 1.29 is 0 Å². The third kappa shape index (κ3) is 3.46. The Labute approximate surface area is 188 Å². The Morgan fingerprint density at radius 3 is 0.875 bits per heavy atom. The summed E-state index contributed by atoms with van der Waals surface area (Å²) in [6.45, 7) is 0. The molecule has 0 bridgehead atoms. The maximum Gasteiger partial charge on any atom is -0.0172 e. The Bertz CT molecular complexity index is 1420. The van der Waals surface area contributed by atoms with E-state index in [1.807, 2.05) is 0 Å². The van der Waals surface area contributed by atoms with E-state index in [-0.39, 0.29) is 0 Å². The Balaban J connectivity index is 1.43. The molecule has 0 aliphatic rings. The molecule has 0 amide bonds. The van der Waals surface area contributed by atoms with Crippen LogP contribution in [0.4, 0.5) is 0 Å². The van der Waals surface area contributed by atoms with Crippen LogP contribution >= 0.6 is 0 Å². The molecule has 6 aromatic rings. The molecule has 32 heavy (non-hydrogen) atoms. The second kappa shape index (κ2) is 7.83. The highest BCUT2D eigenvalue weighted by Gasteiger charge is 2.05. The standard InChI is InChI=1S/C32H22/c1-3-7-23(8-4-1)27-15-11-25-13-17-29(21-31(25)19-27)30-18-14-26-12-16-28(20-32(26)22-30)24-9-5-2-6-10-24/h1-22H. The largest absolute Gasteiger partial charge is 0.0622 e. The van der Waals surface area contributed by atoms with Crippen LogP contribution in [-0.4, -0.2) is 0 Å². The minimum Gasteiger partial charge on any atom is -0.0622 e. The summed E-state index contributed by atoms with van der Waals surface area (Å²) in [6, 6.07) is 48.1. The number of fused-ring (bicyclic) bond motifs is 2. The molecule has 150 valence electrons. The second-order valence-electron chi connectivity index (χ2n) is 8.29. The molecule has 0 saturated carbocycles. The lowest BCUT2D eigenvalue weighted by molar-refractivity contribution is 1.63. The van der Waals surface area contributed by atoms with Crippen molar-refractivity contribution in [2.45, 2.75) is 0 Å². The molecule has 0 atom stereocenters. The highest BCUT2D eigenvalue weighted by atomic mass is 14.1. The number of rotatable bonds is 3. The minimum atomic E-state index is 1.25.